The summed E-state index contributed by atoms with van der Waals surface area (Å²) in [5.41, 5.74) is -0.460. The number of esters is 2. The summed E-state index contributed by atoms with van der Waals surface area (Å²) in [5.74, 6) is -1.11. The lowest BCUT2D eigenvalue weighted by Crippen LogP contribution is -2.51. The van der Waals surface area contributed by atoms with Crippen LogP contribution in [0.25, 0.3) is 0 Å². The van der Waals surface area contributed by atoms with Crippen LogP contribution >= 0.6 is 0 Å². The number of amides is 4. The van der Waals surface area contributed by atoms with Crippen LogP contribution in [0.1, 0.15) is 93.9 Å². The molecule has 0 bridgehead atoms. The monoisotopic (exact) mass is 766 g/mol. The lowest BCUT2D eigenvalue weighted by molar-refractivity contribution is -0.140. The van der Waals surface area contributed by atoms with Gasteiger partial charge in [-0.2, -0.15) is 0 Å². The Bertz CT molecular complexity index is 1280. The number of rotatable bonds is 17. The van der Waals surface area contributed by atoms with Gasteiger partial charge in [0.25, 0.3) is 0 Å². The second-order valence-electron chi connectivity index (χ2n) is 16.9. The van der Waals surface area contributed by atoms with Gasteiger partial charge in [0.05, 0.1) is 0 Å². The second kappa shape index (κ2) is 20.3. The molecule has 0 saturated heterocycles. The highest BCUT2D eigenvalue weighted by atomic mass is 16.6. The molecule has 4 unspecified atom stereocenters. The molecule has 16 nitrogen and oxygen atoms in total. The molecule has 0 spiro atoms. The van der Waals surface area contributed by atoms with Crippen LogP contribution < -0.4 is 21.3 Å². The van der Waals surface area contributed by atoms with Crippen molar-refractivity contribution in [1.82, 2.24) is 21.3 Å². The van der Waals surface area contributed by atoms with Crippen molar-refractivity contribution in [3.8, 4) is 0 Å². The van der Waals surface area contributed by atoms with Gasteiger partial charge in [-0.3, -0.25) is 0 Å². The summed E-state index contributed by atoms with van der Waals surface area (Å²) in [4.78, 5) is 72.8. The lowest BCUT2D eigenvalue weighted by Gasteiger charge is -2.46. The molecule has 54 heavy (non-hydrogen) atoms. The maximum Gasteiger partial charge on any atom is 0.407 e. The van der Waals surface area contributed by atoms with Crippen LogP contribution in [0.2, 0.25) is 0 Å². The third-order valence-electron chi connectivity index (χ3n) is 9.20. The van der Waals surface area contributed by atoms with Gasteiger partial charge >= 0.3 is 36.3 Å². The van der Waals surface area contributed by atoms with E-state index in [1.54, 1.807) is 0 Å². The second-order valence-corrected chi connectivity index (χ2v) is 16.9. The van der Waals surface area contributed by atoms with Gasteiger partial charge < -0.3 is 49.7 Å². The molecule has 306 valence electrons. The van der Waals surface area contributed by atoms with E-state index >= 15 is 0 Å². The molecule has 2 aliphatic carbocycles. The molecule has 4 N–H and O–H groups in total. The van der Waals surface area contributed by atoms with Gasteiger partial charge in [0.15, 0.2) is 0 Å². The topological polar surface area (TPSA) is 206 Å². The van der Waals surface area contributed by atoms with Crippen molar-refractivity contribution in [1.29, 1.82) is 0 Å². The number of hydrogen-bond donors (Lipinski definition) is 4. The van der Waals surface area contributed by atoms with Crippen molar-refractivity contribution in [2.24, 2.45) is 21.7 Å². The molecular weight excluding hydrogens is 704 g/mol. The molecule has 2 rings (SSSR count). The number of hydrogen-bond acceptors (Lipinski definition) is 12. The molecule has 16 heteroatoms. The minimum atomic E-state index is -0.635. The fourth-order valence-electron chi connectivity index (χ4n) is 7.88. The van der Waals surface area contributed by atoms with E-state index in [2.05, 4.69) is 62.1 Å². The average molecular weight is 767 g/mol. The summed E-state index contributed by atoms with van der Waals surface area (Å²) in [6, 6.07) is -0.442. The van der Waals surface area contributed by atoms with Crippen LogP contribution in [0.4, 0.5) is 19.2 Å². The quantitative estimate of drug-likeness (QED) is 0.0644. The Labute approximate surface area is 319 Å². The van der Waals surface area contributed by atoms with Gasteiger partial charge in [0, 0.05) is 36.3 Å². The van der Waals surface area contributed by atoms with Crippen molar-refractivity contribution in [3.05, 3.63) is 24.3 Å². The average Bonchev–Trinajstić information content (AvgIpc) is 3.03. The molecule has 2 saturated carbocycles. The SMILES string of the molecule is C=C(C)C(=O)OCCOC(=O)NCC1(C)CC(NC(=O)OCCOC(=O)NC2CC(C)(C)CC(C)(CNC(=O)OCCOC(=O)C(=C)C)C2)CC(C)(C)C1. The lowest BCUT2D eigenvalue weighted by atomic mass is 9.62. The van der Waals surface area contributed by atoms with Gasteiger partial charge in [-0.1, -0.05) is 54.7 Å². The van der Waals surface area contributed by atoms with Crippen molar-refractivity contribution < 1.29 is 57.2 Å². The molecule has 0 aromatic carbocycles. The molecular formula is C38H62N4O12. The molecule has 0 radical (unpaired) electrons. The number of alkyl carbamates (subject to hydrolysis) is 4. The smallest absolute Gasteiger partial charge is 0.407 e. The Hall–Kier alpha value is -4.50. The van der Waals surface area contributed by atoms with E-state index in [1.165, 1.54) is 13.8 Å². The summed E-state index contributed by atoms with van der Waals surface area (Å²) in [6.45, 7) is 22.5. The van der Waals surface area contributed by atoms with Gasteiger partial charge in [-0.05, 0) is 74.0 Å². The number of carbonyl (C=O) groups is 6. The summed E-state index contributed by atoms with van der Waals surface area (Å²) in [5, 5.41) is 11.4. The Morgan fingerprint density at radius 1 is 0.500 bits per heavy atom. The van der Waals surface area contributed by atoms with Crippen molar-refractivity contribution in [2.75, 3.05) is 52.7 Å². The minimum absolute atomic E-state index is 0.0773. The molecule has 0 aromatic heterocycles. The normalized spacial score (nSPS) is 24.0. The van der Waals surface area contributed by atoms with Crippen molar-refractivity contribution >= 4 is 36.3 Å². The molecule has 2 aliphatic rings. The largest absolute Gasteiger partial charge is 0.459 e. The first kappa shape index (κ1) is 45.7. The molecule has 4 amide bonds. The van der Waals surface area contributed by atoms with E-state index < -0.39 is 36.3 Å². The van der Waals surface area contributed by atoms with Crippen molar-refractivity contribution in [2.45, 2.75) is 106 Å². The van der Waals surface area contributed by atoms with Gasteiger partial charge in [-0.25, -0.2) is 28.8 Å². The summed E-state index contributed by atoms with van der Waals surface area (Å²) >= 11 is 0. The molecule has 0 aromatic rings. The Kier molecular flexibility index (Phi) is 17.1. The number of nitrogens with one attached hydrogen (secondary N) is 4. The van der Waals surface area contributed by atoms with Gasteiger partial charge in [0.1, 0.15) is 39.6 Å². The Morgan fingerprint density at radius 3 is 1.11 bits per heavy atom. The molecule has 0 aliphatic heterocycles. The minimum Gasteiger partial charge on any atom is -0.459 e. The van der Waals surface area contributed by atoms with E-state index in [4.69, 9.17) is 28.4 Å². The van der Waals surface area contributed by atoms with Crippen LogP contribution in [0.5, 0.6) is 0 Å². The van der Waals surface area contributed by atoms with E-state index in [-0.39, 0.29) is 84.5 Å². The maximum absolute atomic E-state index is 12.7. The van der Waals surface area contributed by atoms with Crippen molar-refractivity contribution in [3.63, 3.8) is 0 Å². The molecule has 4 atom stereocenters. The molecule has 0 heterocycles. The zero-order valence-corrected chi connectivity index (χ0v) is 33.4. The Morgan fingerprint density at radius 2 is 0.796 bits per heavy atom. The third kappa shape index (κ3) is 17.5. The van der Waals surface area contributed by atoms with Gasteiger partial charge in [0.2, 0.25) is 0 Å². The van der Waals surface area contributed by atoms with E-state index in [1.807, 2.05) is 13.8 Å². The Balaban J connectivity index is 1.73. The predicted octanol–water partition coefficient (Wildman–Crippen LogP) is 5.30. The first-order chi connectivity index (χ1) is 25.0. The summed E-state index contributed by atoms with van der Waals surface area (Å²) < 4.78 is 30.7. The fourth-order valence-corrected chi connectivity index (χ4v) is 7.88. The van der Waals surface area contributed by atoms with Crippen LogP contribution in [-0.2, 0) is 38.0 Å². The highest BCUT2D eigenvalue weighted by Gasteiger charge is 2.43. The van der Waals surface area contributed by atoms with E-state index in [0.29, 0.717) is 38.8 Å². The van der Waals surface area contributed by atoms with Crippen LogP contribution in [-0.4, -0.2) is 101 Å². The zero-order chi connectivity index (χ0) is 40.7. The summed E-state index contributed by atoms with van der Waals surface area (Å²) in [6.07, 6.45) is 1.63. The van der Waals surface area contributed by atoms with Crippen LogP contribution in [0, 0.1) is 21.7 Å². The maximum atomic E-state index is 12.7. The van der Waals surface area contributed by atoms with Crippen LogP contribution in [0.15, 0.2) is 24.3 Å². The summed E-state index contributed by atoms with van der Waals surface area (Å²) in [7, 11) is 0. The fraction of sp³-hybridized carbons (Fsp3) is 0.737. The molecule has 2 fully saturated rings. The van der Waals surface area contributed by atoms with E-state index in [0.717, 1.165) is 12.8 Å². The third-order valence-corrected chi connectivity index (χ3v) is 9.20. The predicted molar refractivity (Wildman–Crippen MR) is 198 cm³/mol. The standard InChI is InChI=1S/C38H62N4O12/c1-25(2)29(43)49-11-13-51-31(45)39-23-37(9)19-27(17-35(5,6)21-37)41-33(47)53-15-16-54-34(48)42-28-18-36(7,8)22-38(10,20-28)24-40-32(46)52-14-12-50-30(44)26(3)4/h27-28H,1,3,11-24H2,2,4-10H3,(H,39,45)(H,40,46)(H,41,47)(H,42,48). The van der Waals surface area contributed by atoms with Gasteiger partial charge in [-0.15, -0.1) is 0 Å². The highest BCUT2D eigenvalue weighted by Crippen LogP contribution is 2.47. The highest BCUT2D eigenvalue weighted by molar-refractivity contribution is 5.87. The van der Waals surface area contributed by atoms with E-state index in [9.17, 15) is 28.8 Å². The number of ether oxygens (including phenoxy) is 6. The first-order valence-corrected chi connectivity index (χ1v) is 18.3. The van der Waals surface area contributed by atoms with Crippen LogP contribution in [0.3, 0.4) is 0 Å². The number of carbonyl (C=O) groups excluding carboxylic acids is 6. The zero-order valence-electron chi connectivity index (χ0n) is 33.4. The first-order valence-electron chi connectivity index (χ1n) is 18.3.